The van der Waals surface area contributed by atoms with Crippen molar-refractivity contribution < 1.29 is 9.32 Å². The molecule has 20 heavy (non-hydrogen) atoms. The number of nitrogens with zero attached hydrogens (tertiary/aromatic N) is 2. The van der Waals surface area contributed by atoms with Crippen LogP contribution in [0.5, 0.6) is 0 Å². The van der Waals surface area contributed by atoms with Crippen molar-refractivity contribution in [3.05, 3.63) is 36.2 Å². The summed E-state index contributed by atoms with van der Waals surface area (Å²) in [6, 6.07) is 7.35. The van der Waals surface area contributed by atoms with Crippen molar-refractivity contribution in [2.75, 3.05) is 13.1 Å². The van der Waals surface area contributed by atoms with Crippen molar-refractivity contribution in [2.24, 2.45) is 0 Å². The molecule has 0 aliphatic carbocycles. The Bertz CT molecular complexity index is 537. The third kappa shape index (κ3) is 3.64. The second-order valence-electron chi connectivity index (χ2n) is 4.50. The monoisotopic (exact) mass is 274 g/mol. The van der Waals surface area contributed by atoms with Gasteiger partial charge in [0.15, 0.2) is 0 Å². The highest BCUT2D eigenvalue weighted by Gasteiger charge is 2.08. The zero-order chi connectivity index (χ0) is 14.4. The van der Waals surface area contributed by atoms with Crippen LogP contribution in [0.25, 0.3) is 11.4 Å². The number of aromatic nitrogens is 2. The number of rotatable bonds is 6. The first-order valence-corrected chi connectivity index (χ1v) is 6.59. The summed E-state index contributed by atoms with van der Waals surface area (Å²) in [6.45, 7) is 5.55. The first kappa shape index (κ1) is 14.2. The fourth-order valence-corrected chi connectivity index (χ4v) is 1.84. The van der Waals surface area contributed by atoms with Crippen LogP contribution in [0.2, 0.25) is 0 Å². The van der Waals surface area contributed by atoms with Gasteiger partial charge in [-0.1, -0.05) is 24.2 Å². The van der Waals surface area contributed by atoms with Crippen LogP contribution in [-0.2, 0) is 0 Å². The second kappa shape index (κ2) is 6.81. The zero-order valence-corrected chi connectivity index (χ0v) is 11.6. The number of hydrogen-bond donors (Lipinski definition) is 2. The van der Waals surface area contributed by atoms with Gasteiger partial charge in [-0.2, -0.15) is 4.98 Å². The Morgan fingerprint density at radius 1 is 1.35 bits per heavy atom. The molecule has 0 unspecified atom stereocenters. The molecule has 1 amide bonds. The Labute approximate surface area is 117 Å². The van der Waals surface area contributed by atoms with Crippen LogP contribution in [0, 0.1) is 0 Å². The van der Waals surface area contributed by atoms with Crippen molar-refractivity contribution in [2.45, 2.75) is 19.9 Å². The molecule has 0 aliphatic rings. The maximum atomic E-state index is 12.0. The van der Waals surface area contributed by atoms with Gasteiger partial charge in [-0.05, 0) is 25.6 Å². The van der Waals surface area contributed by atoms with E-state index in [1.165, 1.54) is 6.39 Å². The molecule has 1 aromatic heterocycles. The quantitative estimate of drug-likeness (QED) is 0.833. The van der Waals surface area contributed by atoms with Crippen LogP contribution in [0.1, 0.15) is 24.2 Å². The molecule has 6 nitrogen and oxygen atoms in total. The van der Waals surface area contributed by atoms with E-state index in [4.69, 9.17) is 0 Å². The maximum absolute atomic E-state index is 12.0. The molecule has 2 aromatic rings. The predicted octanol–water partition coefficient (Wildman–Crippen LogP) is 1.46. The lowest BCUT2D eigenvalue weighted by atomic mass is 10.1. The SMILES string of the molecule is CCN[C@H](C)CNC(=O)c1ccc(-c2ncon2)cc1. The first-order valence-electron chi connectivity index (χ1n) is 6.59. The van der Waals surface area contributed by atoms with Crippen molar-refractivity contribution in [1.29, 1.82) is 0 Å². The molecule has 6 heteroatoms. The summed E-state index contributed by atoms with van der Waals surface area (Å²) in [6.07, 6.45) is 1.28. The normalized spacial score (nSPS) is 12.1. The molecule has 1 aromatic carbocycles. The van der Waals surface area contributed by atoms with Gasteiger partial charge in [-0.25, -0.2) is 0 Å². The van der Waals surface area contributed by atoms with E-state index in [1.807, 2.05) is 13.8 Å². The van der Waals surface area contributed by atoms with E-state index >= 15 is 0 Å². The van der Waals surface area contributed by atoms with Gasteiger partial charge in [0.05, 0.1) is 0 Å². The number of nitrogens with one attached hydrogen (secondary N) is 2. The van der Waals surface area contributed by atoms with Crippen LogP contribution in [0.3, 0.4) is 0 Å². The molecule has 0 radical (unpaired) electrons. The first-order chi connectivity index (χ1) is 9.70. The van der Waals surface area contributed by atoms with Crippen molar-refractivity contribution in [1.82, 2.24) is 20.8 Å². The van der Waals surface area contributed by atoms with E-state index < -0.39 is 0 Å². The molecule has 106 valence electrons. The number of hydrogen-bond acceptors (Lipinski definition) is 5. The number of carbonyl (C=O) groups excluding carboxylic acids is 1. The largest absolute Gasteiger partial charge is 0.350 e. The topological polar surface area (TPSA) is 80.0 Å². The number of likely N-dealkylation sites (N-methyl/N-ethyl adjacent to an activating group) is 1. The fraction of sp³-hybridized carbons (Fsp3) is 0.357. The zero-order valence-electron chi connectivity index (χ0n) is 11.6. The lowest BCUT2D eigenvalue weighted by Gasteiger charge is -2.13. The van der Waals surface area contributed by atoms with Gasteiger partial charge in [-0.3, -0.25) is 4.79 Å². The lowest BCUT2D eigenvalue weighted by molar-refractivity contribution is 0.0950. The predicted molar refractivity (Wildman–Crippen MR) is 75.2 cm³/mol. The van der Waals surface area contributed by atoms with Crippen LogP contribution >= 0.6 is 0 Å². The molecule has 2 rings (SSSR count). The molecular formula is C14H18N4O2. The molecule has 0 aliphatic heterocycles. The van der Waals surface area contributed by atoms with Crippen LogP contribution < -0.4 is 10.6 Å². The molecule has 0 spiro atoms. The minimum absolute atomic E-state index is 0.0885. The van der Waals surface area contributed by atoms with E-state index in [-0.39, 0.29) is 11.9 Å². The third-order valence-corrected chi connectivity index (χ3v) is 2.89. The summed E-state index contributed by atoms with van der Waals surface area (Å²) in [4.78, 5) is 15.9. The highest BCUT2D eigenvalue weighted by Crippen LogP contribution is 2.14. The summed E-state index contributed by atoms with van der Waals surface area (Å²) in [5, 5.41) is 9.87. The summed E-state index contributed by atoms with van der Waals surface area (Å²) in [7, 11) is 0. The van der Waals surface area contributed by atoms with Gasteiger partial charge in [0.25, 0.3) is 5.91 Å². The average molecular weight is 274 g/mol. The molecule has 1 heterocycles. The van der Waals surface area contributed by atoms with E-state index in [0.29, 0.717) is 17.9 Å². The summed E-state index contributed by atoms with van der Waals surface area (Å²) >= 11 is 0. The van der Waals surface area contributed by atoms with Crippen LogP contribution in [0.4, 0.5) is 0 Å². The van der Waals surface area contributed by atoms with Gasteiger partial charge in [0, 0.05) is 23.7 Å². The second-order valence-corrected chi connectivity index (χ2v) is 4.50. The average Bonchev–Trinajstić information content (AvgIpc) is 2.99. The highest BCUT2D eigenvalue weighted by molar-refractivity contribution is 5.94. The minimum atomic E-state index is -0.0885. The van der Waals surface area contributed by atoms with Gasteiger partial charge in [-0.15, -0.1) is 0 Å². The Morgan fingerprint density at radius 3 is 2.70 bits per heavy atom. The molecule has 0 saturated heterocycles. The van der Waals surface area contributed by atoms with Gasteiger partial charge in [0.1, 0.15) is 0 Å². The van der Waals surface area contributed by atoms with E-state index in [2.05, 4.69) is 25.3 Å². The molecule has 0 fully saturated rings. The van der Waals surface area contributed by atoms with Crippen molar-refractivity contribution >= 4 is 5.91 Å². The minimum Gasteiger partial charge on any atom is -0.350 e. The Balaban J connectivity index is 1.94. The lowest BCUT2D eigenvalue weighted by Crippen LogP contribution is -2.38. The van der Waals surface area contributed by atoms with E-state index in [0.717, 1.165) is 12.1 Å². The van der Waals surface area contributed by atoms with Gasteiger partial charge >= 0.3 is 0 Å². The maximum Gasteiger partial charge on any atom is 0.251 e. The third-order valence-electron chi connectivity index (χ3n) is 2.89. The van der Waals surface area contributed by atoms with Crippen LogP contribution in [-0.4, -0.2) is 35.2 Å². The van der Waals surface area contributed by atoms with Crippen molar-refractivity contribution in [3.63, 3.8) is 0 Å². The molecule has 1 atom stereocenters. The summed E-state index contributed by atoms with van der Waals surface area (Å²) in [5.41, 5.74) is 1.43. The fourth-order valence-electron chi connectivity index (χ4n) is 1.84. The number of amides is 1. The molecule has 0 saturated carbocycles. The Hall–Kier alpha value is -2.21. The molecular weight excluding hydrogens is 256 g/mol. The molecule has 2 N–H and O–H groups in total. The highest BCUT2D eigenvalue weighted by atomic mass is 16.5. The number of carbonyl (C=O) groups is 1. The summed E-state index contributed by atoms with van der Waals surface area (Å²) in [5.74, 6) is 0.423. The smallest absolute Gasteiger partial charge is 0.251 e. The van der Waals surface area contributed by atoms with Gasteiger partial charge in [0.2, 0.25) is 12.2 Å². The summed E-state index contributed by atoms with van der Waals surface area (Å²) < 4.78 is 4.69. The number of benzene rings is 1. The standard InChI is InChI=1S/C14H18N4O2/c1-3-15-10(2)8-16-14(19)12-6-4-11(5-7-12)13-17-9-20-18-13/h4-7,9-10,15H,3,8H2,1-2H3,(H,16,19)/t10-/m1/s1. The van der Waals surface area contributed by atoms with Crippen molar-refractivity contribution in [3.8, 4) is 11.4 Å². The Kier molecular flexibility index (Phi) is 4.84. The van der Waals surface area contributed by atoms with E-state index in [9.17, 15) is 4.79 Å². The molecule has 0 bridgehead atoms. The van der Waals surface area contributed by atoms with Gasteiger partial charge < -0.3 is 15.2 Å². The van der Waals surface area contributed by atoms with E-state index in [1.54, 1.807) is 24.3 Å². The Morgan fingerprint density at radius 2 is 2.10 bits per heavy atom. The van der Waals surface area contributed by atoms with Crippen LogP contribution in [0.15, 0.2) is 35.2 Å².